The second kappa shape index (κ2) is 8.63. The summed E-state index contributed by atoms with van der Waals surface area (Å²) < 4.78 is 0. The first kappa shape index (κ1) is 17.4. The van der Waals surface area contributed by atoms with Crippen LogP contribution in [0.25, 0.3) is 0 Å². The zero-order valence-corrected chi connectivity index (χ0v) is 14.9. The van der Waals surface area contributed by atoms with Gasteiger partial charge < -0.3 is 10.6 Å². The zero-order valence-electron chi connectivity index (χ0n) is 14.9. The summed E-state index contributed by atoms with van der Waals surface area (Å²) in [7, 11) is 2.24. The molecule has 0 radical (unpaired) electrons. The molecule has 24 heavy (non-hydrogen) atoms. The molecule has 1 aliphatic carbocycles. The number of benzene rings is 1. The predicted molar refractivity (Wildman–Crippen MR) is 97.7 cm³/mol. The lowest BCUT2D eigenvalue weighted by atomic mass is 9.94. The van der Waals surface area contributed by atoms with Gasteiger partial charge in [-0.2, -0.15) is 0 Å². The summed E-state index contributed by atoms with van der Waals surface area (Å²) >= 11 is 0. The molecule has 0 bridgehead atoms. The molecule has 1 aromatic carbocycles. The van der Waals surface area contributed by atoms with Gasteiger partial charge in [0.15, 0.2) is 0 Å². The van der Waals surface area contributed by atoms with Crippen molar-refractivity contribution in [3.05, 3.63) is 35.4 Å². The third-order valence-corrected chi connectivity index (χ3v) is 5.57. The highest BCUT2D eigenvalue weighted by atomic mass is 16.2. The van der Waals surface area contributed by atoms with E-state index in [1.54, 1.807) is 0 Å². The van der Waals surface area contributed by atoms with Crippen LogP contribution in [-0.2, 0) is 17.9 Å². The SMILES string of the molecule is CN(Cc1ccccc1CNC(=O)[C@@H]1CCCN1)C1CCCCC1. The average Bonchev–Trinajstić information content (AvgIpc) is 3.16. The van der Waals surface area contributed by atoms with Crippen LogP contribution in [0.15, 0.2) is 24.3 Å². The summed E-state index contributed by atoms with van der Waals surface area (Å²) in [6.45, 7) is 2.56. The Morgan fingerprint density at radius 2 is 1.88 bits per heavy atom. The molecule has 3 rings (SSSR count). The first-order chi connectivity index (χ1) is 11.7. The minimum atomic E-state index is 0.00192. The standard InChI is InChI=1S/C20H31N3O/c1-23(18-10-3-2-4-11-18)15-17-9-6-5-8-16(17)14-22-20(24)19-12-7-13-21-19/h5-6,8-9,18-19,21H,2-4,7,10-15H2,1H3,(H,22,24)/t19-/m0/s1. The van der Waals surface area contributed by atoms with E-state index >= 15 is 0 Å². The van der Waals surface area contributed by atoms with Crippen molar-refractivity contribution in [2.75, 3.05) is 13.6 Å². The van der Waals surface area contributed by atoms with Gasteiger partial charge in [0.1, 0.15) is 0 Å². The van der Waals surface area contributed by atoms with E-state index in [-0.39, 0.29) is 11.9 Å². The Morgan fingerprint density at radius 1 is 1.12 bits per heavy atom. The van der Waals surface area contributed by atoms with Crippen LogP contribution >= 0.6 is 0 Å². The number of hydrogen-bond donors (Lipinski definition) is 2. The number of carbonyl (C=O) groups excluding carboxylic acids is 1. The van der Waals surface area contributed by atoms with Gasteiger partial charge in [-0.1, -0.05) is 43.5 Å². The molecule has 4 heteroatoms. The van der Waals surface area contributed by atoms with Crippen molar-refractivity contribution in [1.29, 1.82) is 0 Å². The summed E-state index contributed by atoms with van der Waals surface area (Å²) in [6, 6.07) is 9.24. The fourth-order valence-corrected chi connectivity index (χ4v) is 4.02. The van der Waals surface area contributed by atoms with Crippen LogP contribution in [0.1, 0.15) is 56.1 Å². The molecule has 1 aliphatic heterocycles. The first-order valence-electron chi connectivity index (χ1n) is 9.52. The lowest BCUT2D eigenvalue weighted by molar-refractivity contribution is -0.122. The van der Waals surface area contributed by atoms with Gasteiger partial charge in [-0.15, -0.1) is 0 Å². The second-order valence-electron chi connectivity index (χ2n) is 7.34. The minimum Gasteiger partial charge on any atom is -0.351 e. The molecule has 1 amide bonds. The number of rotatable bonds is 6. The maximum Gasteiger partial charge on any atom is 0.237 e. The second-order valence-corrected chi connectivity index (χ2v) is 7.34. The normalized spacial score (nSPS) is 22.0. The smallest absolute Gasteiger partial charge is 0.237 e. The molecule has 1 saturated carbocycles. The van der Waals surface area contributed by atoms with Crippen LogP contribution < -0.4 is 10.6 Å². The summed E-state index contributed by atoms with van der Waals surface area (Å²) in [5.74, 6) is 0.142. The lowest BCUT2D eigenvalue weighted by Crippen LogP contribution is -2.40. The maximum atomic E-state index is 12.2. The molecule has 4 nitrogen and oxygen atoms in total. The summed E-state index contributed by atoms with van der Waals surface area (Å²) in [5, 5.41) is 6.38. The molecule has 1 aromatic rings. The van der Waals surface area contributed by atoms with E-state index in [0.29, 0.717) is 12.6 Å². The van der Waals surface area contributed by atoms with Crippen molar-refractivity contribution in [3.8, 4) is 0 Å². The van der Waals surface area contributed by atoms with E-state index in [1.807, 2.05) is 0 Å². The van der Waals surface area contributed by atoms with Gasteiger partial charge >= 0.3 is 0 Å². The largest absolute Gasteiger partial charge is 0.351 e. The number of amides is 1. The Hall–Kier alpha value is -1.39. The van der Waals surface area contributed by atoms with Gasteiger partial charge in [-0.05, 0) is 50.4 Å². The van der Waals surface area contributed by atoms with Crippen LogP contribution in [0, 0.1) is 0 Å². The van der Waals surface area contributed by atoms with Gasteiger partial charge in [0.2, 0.25) is 5.91 Å². The highest BCUT2D eigenvalue weighted by Crippen LogP contribution is 2.23. The molecule has 2 fully saturated rings. The minimum absolute atomic E-state index is 0.00192. The van der Waals surface area contributed by atoms with Crippen molar-refractivity contribution in [2.24, 2.45) is 0 Å². The molecule has 0 unspecified atom stereocenters. The monoisotopic (exact) mass is 329 g/mol. The molecule has 0 spiro atoms. The average molecular weight is 329 g/mol. The number of hydrogen-bond acceptors (Lipinski definition) is 3. The van der Waals surface area contributed by atoms with Crippen LogP contribution in [-0.4, -0.2) is 36.5 Å². The topological polar surface area (TPSA) is 44.4 Å². The molecule has 1 atom stereocenters. The van der Waals surface area contributed by atoms with Gasteiger partial charge in [0, 0.05) is 19.1 Å². The fourth-order valence-electron chi connectivity index (χ4n) is 4.02. The Balaban J connectivity index is 1.56. The van der Waals surface area contributed by atoms with Crippen molar-refractivity contribution in [3.63, 3.8) is 0 Å². The van der Waals surface area contributed by atoms with E-state index in [1.165, 1.54) is 43.2 Å². The molecule has 2 aliphatic rings. The number of nitrogens with one attached hydrogen (secondary N) is 2. The Labute approximate surface area is 146 Å². The van der Waals surface area contributed by atoms with E-state index in [0.717, 1.165) is 25.9 Å². The highest BCUT2D eigenvalue weighted by Gasteiger charge is 2.22. The van der Waals surface area contributed by atoms with E-state index < -0.39 is 0 Å². The van der Waals surface area contributed by atoms with Gasteiger partial charge in [-0.25, -0.2) is 0 Å². The van der Waals surface area contributed by atoms with E-state index in [4.69, 9.17) is 0 Å². The number of nitrogens with zero attached hydrogens (tertiary/aromatic N) is 1. The molecule has 2 N–H and O–H groups in total. The van der Waals surface area contributed by atoms with Crippen molar-refractivity contribution >= 4 is 5.91 Å². The zero-order chi connectivity index (χ0) is 16.8. The van der Waals surface area contributed by atoms with Crippen molar-refractivity contribution < 1.29 is 4.79 Å². The Kier molecular flexibility index (Phi) is 6.27. The summed E-state index contributed by atoms with van der Waals surface area (Å²) in [5.41, 5.74) is 2.58. The molecule has 1 heterocycles. The Morgan fingerprint density at radius 3 is 2.58 bits per heavy atom. The lowest BCUT2D eigenvalue weighted by Gasteiger charge is -2.31. The fraction of sp³-hybridized carbons (Fsp3) is 0.650. The van der Waals surface area contributed by atoms with Gasteiger partial charge in [-0.3, -0.25) is 9.69 Å². The van der Waals surface area contributed by atoms with Crippen molar-refractivity contribution in [2.45, 2.75) is 70.1 Å². The van der Waals surface area contributed by atoms with Crippen LogP contribution in [0.3, 0.4) is 0 Å². The van der Waals surface area contributed by atoms with Crippen LogP contribution in [0.2, 0.25) is 0 Å². The molecule has 132 valence electrons. The third kappa shape index (κ3) is 4.58. The summed E-state index contributed by atoms with van der Waals surface area (Å²) in [6.07, 6.45) is 8.81. The highest BCUT2D eigenvalue weighted by molar-refractivity contribution is 5.82. The van der Waals surface area contributed by atoms with Gasteiger partial charge in [0.25, 0.3) is 0 Å². The predicted octanol–water partition coefficient (Wildman–Crippen LogP) is 2.82. The van der Waals surface area contributed by atoms with Crippen LogP contribution in [0.4, 0.5) is 0 Å². The Bertz CT molecular complexity index is 533. The van der Waals surface area contributed by atoms with E-state index in [9.17, 15) is 4.79 Å². The number of carbonyl (C=O) groups is 1. The third-order valence-electron chi connectivity index (χ3n) is 5.57. The summed E-state index contributed by atoms with van der Waals surface area (Å²) in [4.78, 5) is 14.7. The van der Waals surface area contributed by atoms with Crippen molar-refractivity contribution in [1.82, 2.24) is 15.5 Å². The quantitative estimate of drug-likeness (QED) is 0.843. The molecular weight excluding hydrogens is 298 g/mol. The van der Waals surface area contributed by atoms with Gasteiger partial charge in [0.05, 0.1) is 6.04 Å². The van der Waals surface area contributed by atoms with E-state index in [2.05, 4.69) is 46.8 Å². The maximum absolute atomic E-state index is 12.2. The first-order valence-corrected chi connectivity index (χ1v) is 9.52. The van der Waals surface area contributed by atoms with Crippen LogP contribution in [0.5, 0.6) is 0 Å². The molecule has 1 saturated heterocycles. The molecular formula is C20H31N3O. The molecule has 0 aromatic heterocycles.